The lowest BCUT2D eigenvalue weighted by molar-refractivity contribution is -0.130. The minimum absolute atomic E-state index is 0.401. The van der Waals surface area contributed by atoms with Crippen molar-refractivity contribution in [1.82, 2.24) is 14.7 Å². The highest BCUT2D eigenvalue weighted by molar-refractivity contribution is 5.78. The molecule has 1 saturated carbocycles. The van der Waals surface area contributed by atoms with Crippen LogP contribution in [0.3, 0.4) is 0 Å². The molecule has 0 radical (unpaired) electrons. The minimum Gasteiger partial charge on any atom is -0.340 e. The molecule has 25 heavy (non-hydrogen) atoms. The number of carbonyl (C=O) groups excluding carboxylic acids is 1. The number of hydrogen-bond acceptors (Lipinski definition) is 3. The van der Waals surface area contributed by atoms with E-state index in [-0.39, 0.29) is 0 Å². The third kappa shape index (κ3) is 4.06. The van der Waals surface area contributed by atoms with E-state index in [1.165, 1.54) is 57.4 Å². The molecule has 0 aromatic heterocycles. The van der Waals surface area contributed by atoms with Crippen LogP contribution >= 0.6 is 0 Å². The number of hydrogen-bond donors (Lipinski definition) is 0. The molecule has 4 heteroatoms. The molecular formula is C21H31N3O. The molecule has 0 bridgehead atoms. The number of nitrogens with zero attached hydrogens (tertiary/aromatic N) is 3. The normalized spacial score (nSPS) is 29.3. The van der Waals surface area contributed by atoms with Gasteiger partial charge in [-0.15, -0.1) is 0 Å². The van der Waals surface area contributed by atoms with E-state index in [2.05, 4.69) is 45.0 Å². The van der Waals surface area contributed by atoms with Gasteiger partial charge in [-0.3, -0.25) is 14.6 Å². The van der Waals surface area contributed by atoms with E-state index in [9.17, 15) is 4.79 Å². The SMILES string of the molecule is O=C1CCCN1C1CCC(N2CCN(Cc3ccccc3)CC2)CC1. The summed E-state index contributed by atoms with van der Waals surface area (Å²) in [7, 11) is 0. The predicted molar refractivity (Wildman–Crippen MR) is 100 cm³/mol. The molecule has 4 nitrogen and oxygen atoms in total. The molecule has 0 spiro atoms. The lowest BCUT2D eigenvalue weighted by Gasteiger charge is -2.43. The van der Waals surface area contributed by atoms with Crippen molar-refractivity contribution in [1.29, 1.82) is 0 Å². The van der Waals surface area contributed by atoms with Gasteiger partial charge in [-0.1, -0.05) is 30.3 Å². The minimum atomic E-state index is 0.401. The molecule has 0 atom stereocenters. The maximum Gasteiger partial charge on any atom is 0.222 e. The van der Waals surface area contributed by atoms with Gasteiger partial charge in [0.1, 0.15) is 0 Å². The number of piperazine rings is 1. The maximum absolute atomic E-state index is 12.0. The van der Waals surface area contributed by atoms with E-state index in [0.29, 0.717) is 11.9 Å². The van der Waals surface area contributed by atoms with Crippen LogP contribution in [0.15, 0.2) is 30.3 Å². The fourth-order valence-corrected chi connectivity index (χ4v) is 4.92. The molecule has 1 aromatic rings. The fraction of sp³-hybridized carbons (Fsp3) is 0.667. The lowest BCUT2D eigenvalue weighted by Crippen LogP contribution is -2.52. The number of likely N-dealkylation sites (tertiary alicyclic amines) is 1. The first kappa shape index (κ1) is 17.0. The van der Waals surface area contributed by atoms with E-state index in [1.807, 2.05) is 0 Å². The number of carbonyl (C=O) groups is 1. The van der Waals surface area contributed by atoms with Gasteiger partial charge in [0.05, 0.1) is 0 Å². The monoisotopic (exact) mass is 341 g/mol. The van der Waals surface area contributed by atoms with Gasteiger partial charge >= 0.3 is 0 Å². The number of rotatable bonds is 4. The second kappa shape index (κ2) is 7.88. The van der Waals surface area contributed by atoms with Crippen LogP contribution in [0.2, 0.25) is 0 Å². The van der Waals surface area contributed by atoms with Gasteiger partial charge < -0.3 is 4.90 Å². The number of amides is 1. The zero-order valence-corrected chi connectivity index (χ0v) is 15.3. The van der Waals surface area contributed by atoms with Crippen molar-refractivity contribution in [2.75, 3.05) is 32.7 Å². The summed E-state index contributed by atoms with van der Waals surface area (Å²) in [6.07, 6.45) is 6.81. The van der Waals surface area contributed by atoms with Crippen molar-refractivity contribution >= 4 is 5.91 Å². The van der Waals surface area contributed by atoms with E-state index >= 15 is 0 Å². The molecule has 3 aliphatic rings. The van der Waals surface area contributed by atoms with Gasteiger partial charge in [0.25, 0.3) is 0 Å². The molecule has 1 aromatic carbocycles. The Bertz CT molecular complexity index is 560. The van der Waals surface area contributed by atoms with Crippen molar-refractivity contribution in [2.24, 2.45) is 0 Å². The third-order valence-electron chi connectivity index (χ3n) is 6.39. The second-order valence-electron chi connectivity index (χ2n) is 7.95. The van der Waals surface area contributed by atoms with Crippen LogP contribution in [0.1, 0.15) is 44.1 Å². The van der Waals surface area contributed by atoms with Crippen LogP contribution < -0.4 is 0 Å². The van der Waals surface area contributed by atoms with Crippen LogP contribution in [0, 0.1) is 0 Å². The van der Waals surface area contributed by atoms with Gasteiger partial charge in [-0.25, -0.2) is 0 Å². The molecule has 4 rings (SSSR count). The summed E-state index contributed by atoms with van der Waals surface area (Å²) < 4.78 is 0. The molecule has 1 amide bonds. The number of benzene rings is 1. The van der Waals surface area contributed by atoms with Crippen LogP contribution in [0.25, 0.3) is 0 Å². The van der Waals surface area contributed by atoms with Gasteiger partial charge in [0.15, 0.2) is 0 Å². The Morgan fingerprint density at radius 3 is 2.16 bits per heavy atom. The highest BCUT2D eigenvalue weighted by Crippen LogP contribution is 2.29. The van der Waals surface area contributed by atoms with Crippen molar-refractivity contribution in [3.05, 3.63) is 35.9 Å². The summed E-state index contributed by atoms with van der Waals surface area (Å²) in [5.74, 6) is 0.401. The molecule has 3 fully saturated rings. The average molecular weight is 341 g/mol. The second-order valence-corrected chi connectivity index (χ2v) is 7.95. The Morgan fingerprint density at radius 2 is 1.52 bits per heavy atom. The summed E-state index contributed by atoms with van der Waals surface area (Å²) >= 11 is 0. The van der Waals surface area contributed by atoms with E-state index < -0.39 is 0 Å². The predicted octanol–water partition coefficient (Wildman–Crippen LogP) is 2.74. The van der Waals surface area contributed by atoms with Crippen LogP contribution in [0.4, 0.5) is 0 Å². The Balaban J connectivity index is 1.22. The highest BCUT2D eigenvalue weighted by Gasteiger charge is 2.33. The average Bonchev–Trinajstić information content (AvgIpc) is 3.09. The quantitative estimate of drug-likeness (QED) is 0.842. The summed E-state index contributed by atoms with van der Waals surface area (Å²) in [6.45, 7) is 6.85. The largest absolute Gasteiger partial charge is 0.340 e. The molecular weight excluding hydrogens is 310 g/mol. The zero-order valence-electron chi connectivity index (χ0n) is 15.3. The Labute approximate surface area is 151 Å². The van der Waals surface area contributed by atoms with Gasteiger partial charge in [-0.05, 0) is 37.7 Å². The first-order valence-corrected chi connectivity index (χ1v) is 10.1. The lowest BCUT2D eigenvalue weighted by atomic mass is 9.89. The molecule has 2 heterocycles. The van der Waals surface area contributed by atoms with Gasteiger partial charge in [0, 0.05) is 57.8 Å². The first-order valence-electron chi connectivity index (χ1n) is 10.1. The molecule has 0 N–H and O–H groups in total. The van der Waals surface area contributed by atoms with Crippen molar-refractivity contribution in [3.63, 3.8) is 0 Å². The fourth-order valence-electron chi connectivity index (χ4n) is 4.92. The van der Waals surface area contributed by atoms with Crippen LogP contribution in [0.5, 0.6) is 0 Å². The smallest absolute Gasteiger partial charge is 0.222 e. The summed E-state index contributed by atoms with van der Waals surface area (Å²) in [6, 6.07) is 12.1. The molecule has 136 valence electrons. The zero-order chi connectivity index (χ0) is 17.1. The van der Waals surface area contributed by atoms with E-state index in [4.69, 9.17) is 0 Å². The van der Waals surface area contributed by atoms with Crippen molar-refractivity contribution < 1.29 is 4.79 Å². The summed E-state index contributed by atoms with van der Waals surface area (Å²) in [5, 5.41) is 0. The third-order valence-corrected chi connectivity index (χ3v) is 6.39. The highest BCUT2D eigenvalue weighted by atomic mass is 16.2. The molecule has 2 aliphatic heterocycles. The van der Waals surface area contributed by atoms with Crippen LogP contribution in [-0.2, 0) is 11.3 Å². The summed E-state index contributed by atoms with van der Waals surface area (Å²) in [4.78, 5) is 19.4. The molecule has 2 saturated heterocycles. The standard InChI is InChI=1S/C21H31N3O/c25-21-7-4-12-24(21)20-10-8-19(9-11-20)23-15-13-22(14-16-23)17-18-5-2-1-3-6-18/h1-3,5-6,19-20H,4,7-17H2. The topological polar surface area (TPSA) is 26.8 Å². The molecule has 0 unspecified atom stereocenters. The van der Waals surface area contributed by atoms with E-state index in [1.54, 1.807) is 0 Å². The molecule has 1 aliphatic carbocycles. The van der Waals surface area contributed by atoms with E-state index in [0.717, 1.165) is 32.0 Å². The van der Waals surface area contributed by atoms with Crippen molar-refractivity contribution in [3.8, 4) is 0 Å². The first-order chi connectivity index (χ1) is 12.3. The van der Waals surface area contributed by atoms with Gasteiger partial charge in [0.2, 0.25) is 5.91 Å². The Kier molecular flexibility index (Phi) is 5.37. The summed E-state index contributed by atoms with van der Waals surface area (Å²) in [5.41, 5.74) is 1.42. The van der Waals surface area contributed by atoms with Crippen LogP contribution in [-0.4, -0.2) is 65.4 Å². The maximum atomic E-state index is 12.0. The van der Waals surface area contributed by atoms with Gasteiger partial charge in [-0.2, -0.15) is 0 Å². The Morgan fingerprint density at radius 1 is 0.840 bits per heavy atom. The Hall–Kier alpha value is -1.39. The van der Waals surface area contributed by atoms with Crippen molar-refractivity contribution in [2.45, 2.75) is 57.2 Å².